The smallest absolute Gasteiger partial charge is 0.252 e. The van der Waals surface area contributed by atoms with Crippen molar-refractivity contribution < 1.29 is 9.59 Å². The lowest BCUT2D eigenvalue weighted by Gasteiger charge is -2.23. The summed E-state index contributed by atoms with van der Waals surface area (Å²) in [6.45, 7) is 4.64. The predicted molar refractivity (Wildman–Crippen MR) is 79.6 cm³/mol. The molecule has 0 aliphatic carbocycles. The largest absolute Gasteiger partial charge is 0.354 e. The van der Waals surface area contributed by atoms with Gasteiger partial charge in [-0.15, -0.1) is 0 Å². The van der Waals surface area contributed by atoms with Crippen molar-refractivity contribution in [3.63, 3.8) is 0 Å². The van der Waals surface area contributed by atoms with Crippen molar-refractivity contribution in [2.45, 2.75) is 38.6 Å². The number of pyridine rings is 1. The van der Waals surface area contributed by atoms with Gasteiger partial charge in [-0.25, -0.2) is 10.8 Å². The Labute approximate surface area is 123 Å². The second-order valence-electron chi connectivity index (χ2n) is 5.42. The van der Waals surface area contributed by atoms with E-state index in [9.17, 15) is 9.59 Å². The molecule has 7 nitrogen and oxygen atoms in total. The monoisotopic (exact) mass is 291 g/mol. The molecule has 1 saturated heterocycles. The summed E-state index contributed by atoms with van der Waals surface area (Å²) in [7, 11) is 0. The quantitative estimate of drug-likeness (QED) is 0.477. The van der Waals surface area contributed by atoms with Crippen LogP contribution in [0, 0.1) is 0 Å². The zero-order valence-corrected chi connectivity index (χ0v) is 12.3. The Morgan fingerprint density at radius 1 is 1.48 bits per heavy atom. The van der Waals surface area contributed by atoms with Crippen LogP contribution in [-0.2, 0) is 4.79 Å². The average Bonchev–Trinajstić information content (AvgIpc) is 2.49. The highest BCUT2D eigenvalue weighted by Crippen LogP contribution is 2.17. The van der Waals surface area contributed by atoms with Crippen LogP contribution in [0.4, 0.5) is 5.82 Å². The molecular weight excluding hydrogens is 270 g/mol. The summed E-state index contributed by atoms with van der Waals surface area (Å²) in [4.78, 5) is 28.3. The van der Waals surface area contributed by atoms with E-state index in [0.29, 0.717) is 24.3 Å². The number of carbonyl (C=O) groups excluding carboxylic acids is 2. The number of nitrogen functional groups attached to an aromatic ring is 1. The van der Waals surface area contributed by atoms with Crippen molar-refractivity contribution in [3.8, 4) is 0 Å². The minimum Gasteiger partial charge on any atom is -0.354 e. The SMILES string of the molecule is CC(C)c1cc(C(=O)NC2CCCNC2=O)cc(NN)n1. The lowest BCUT2D eigenvalue weighted by atomic mass is 10.0. The van der Waals surface area contributed by atoms with Gasteiger partial charge in [0.05, 0.1) is 0 Å². The van der Waals surface area contributed by atoms with E-state index in [1.54, 1.807) is 12.1 Å². The van der Waals surface area contributed by atoms with Gasteiger partial charge in [-0.3, -0.25) is 9.59 Å². The first-order chi connectivity index (χ1) is 10.0. The second kappa shape index (κ2) is 6.53. The highest BCUT2D eigenvalue weighted by molar-refractivity contribution is 5.98. The molecule has 1 fully saturated rings. The molecule has 1 aliphatic rings. The van der Waals surface area contributed by atoms with E-state index in [1.807, 2.05) is 13.8 Å². The van der Waals surface area contributed by atoms with E-state index < -0.39 is 6.04 Å². The molecule has 5 N–H and O–H groups in total. The molecule has 1 aliphatic heterocycles. The highest BCUT2D eigenvalue weighted by Gasteiger charge is 2.24. The van der Waals surface area contributed by atoms with Crippen molar-refractivity contribution in [2.75, 3.05) is 12.0 Å². The number of hydrogen-bond acceptors (Lipinski definition) is 5. The summed E-state index contributed by atoms with van der Waals surface area (Å²) in [5.41, 5.74) is 3.67. The number of anilines is 1. The first-order valence-electron chi connectivity index (χ1n) is 7.08. The van der Waals surface area contributed by atoms with Gasteiger partial charge < -0.3 is 16.1 Å². The molecule has 2 amide bonds. The van der Waals surface area contributed by atoms with Crippen LogP contribution in [0.2, 0.25) is 0 Å². The van der Waals surface area contributed by atoms with Crippen molar-refractivity contribution >= 4 is 17.6 Å². The Kier molecular flexibility index (Phi) is 4.74. The zero-order valence-electron chi connectivity index (χ0n) is 12.3. The number of piperidine rings is 1. The first-order valence-corrected chi connectivity index (χ1v) is 7.08. The van der Waals surface area contributed by atoms with E-state index in [0.717, 1.165) is 12.1 Å². The lowest BCUT2D eigenvalue weighted by molar-refractivity contribution is -0.124. The number of rotatable bonds is 4. The molecule has 1 atom stereocenters. The summed E-state index contributed by atoms with van der Waals surface area (Å²) in [5, 5.41) is 5.50. The molecule has 2 rings (SSSR count). The van der Waals surface area contributed by atoms with Crippen molar-refractivity contribution in [1.82, 2.24) is 15.6 Å². The molecule has 1 unspecified atom stereocenters. The molecule has 21 heavy (non-hydrogen) atoms. The van der Waals surface area contributed by atoms with Crippen LogP contribution in [0.25, 0.3) is 0 Å². The van der Waals surface area contributed by atoms with Crippen molar-refractivity contribution in [2.24, 2.45) is 5.84 Å². The van der Waals surface area contributed by atoms with Crippen LogP contribution >= 0.6 is 0 Å². The fourth-order valence-corrected chi connectivity index (χ4v) is 2.20. The van der Waals surface area contributed by atoms with Crippen LogP contribution in [0.1, 0.15) is 48.7 Å². The van der Waals surface area contributed by atoms with Crippen LogP contribution in [0.15, 0.2) is 12.1 Å². The lowest BCUT2D eigenvalue weighted by Crippen LogP contribution is -2.50. The molecule has 1 aromatic heterocycles. The Morgan fingerprint density at radius 2 is 2.24 bits per heavy atom. The predicted octanol–water partition coefficient (Wildman–Crippen LogP) is 0.499. The Bertz CT molecular complexity index is 544. The minimum absolute atomic E-state index is 0.134. The fourth-order valence-electron chi connectivity index (χ4n) is 2.20. The third-order valence-electron chi connectivity index (χ3n) is 3.44. The number of nitrogens with two attached hydrogens (primary N) is 1. The fraction of sp³-hybridized carbons (Fsp3) is 0.500. The van der Waals surface area contributed by atoms with Gasteiger partial charge in [0.1, 0.15) is 11.9 Å². The van der Waals surface area contributed by atoms with E-state index in [2.05, 4.69) is 21.0 Å². The summed E-state index contributed by atoms with van der Waals surface area (Å²) in [6, 6.07) is 2.82. The molecule has 0 saturated carbocycles. The molecule has 7 heteroatoms. The maximum atomic E-state index is 12.3. The molecule has 1 aromatic rings. The number of hydrazine groups is 1. The zero-order chi connectivity index (χ0) is 15.4. The van der Waals surface area contributed by atoms with Gasteiger partial charge >= 0.3 is 0 Å². The Hall–Kier alpha value is -2.15. The van der Waals surface area contributed by atoms with E-state index >= 15 is 0 Å². The number of amides is 2. The summed E-state index contributed by atoms with van der Waals surface area (Å²) < 4.78 is 0. The van der Waals surface area contributed by atoms with E-state index in [4.69, 9.17) is 5.84 Å². The Balaban J connectivity index is 2.18. The van der Waals surface area contributed by atoms with Gasteiger partial charge in [-0.2, -0.15) is 0 Å². The standard InChI is InChI=1S/C14H21N5O2/c1-8(2)11-6-9(7-12(17-11)19-15)13(20)18-10-4-3-5-16-14(10)21/h6-8,10H,3-5,15H2,1-2H3,(H,16,21)(H,17,19)(H,18,20). The maximum absolute atomic E-state index is 12.3. The first kappa shape index (κ1) is 15.2. The maximum Gasteiger partial charge on any atom is 0.252 e. The van der Waals surface area contributed by atoms with Gasteiger partial charge in [0, 0.05) is 17.8 Å². The average molecular weight is 291 g/mol. The third-order valence-corrected chi connectivity index (χ3v) is 3.44. The third kappa shape index (κ3) is 3.69. The molecule has 2 heterocycles. The minimum atomic E-state index is -0.476. The number of nitrogens with one attached hydrogen (secondary N) is 3. The highest BCUT2D eigenvalue weighted by atomic mass is 16.2. The van der Waals surface area contributed by atoms with Crippen molar-refractivity contribution in [1.29, 1.82) is 0 Å². The molecular formula is C14H21N5O2. The molecule has 0 aromatic carbocycles. The topological polar surface area (TPSA) is 109 Å². The normalized spacial score (nSPS) is 18.3. The number of aromatic nitrogens is 1. The second-order valence-corrected chi connectivity index (χ2v) is 5.42. The van der Waals surface area contributed by atoms with Crippen LogP contribution in [-0.4, -0.2) is 29.4 Å². The number of carbonyl (C=O) groups is 2. The summed E-state index contributed by atoms with van der Waals surface area (Å²) in [5.74, 6) is 5.56. The van der Waals surface area contributed by atoms with E-state index in [-0.39, 0.29) is 17.7 Å². The number of hydrogen-bond donors (Lipinski definition) is 4. The van der Waals surface area contributed by atoms with Gasteiger partial charge in [0.25, 0.3) is 5.91 Å². The van der Waals surface area contributed by atoms with Crippen LogP contribution in [0.5, 0.6) is 0 Å². The molecule has 0 spiro atoms. The summed E-state index contributed by atoms with van der Waals surface area (Å²) >= 11 is 0. The Morgan fingerprint density at radius 3 is 2.86 bits per heavy atom. The number of nitrogens with zero attached hydrogens (tertiary/aromatic N) is 1. The van der Waals surface area contributed by atoms with E-state index in [1.165, 1.54) is 0 Å². The van der Waals surface area contributed by atoms with Gasteiger partial charge in [-0.05, 0) is 30.9 Å². The molecule has 0 bridgehead atoms. The van der Waals surface area contributed by atoms with Crippen LogP contribution < -0.4 is 21.9 Å². The molecule has 0 radical (unpaired) electrons. The molecule has 114 valence electrons. The van der Waals surface area contributed by atoms with Gasteiger partial charge in [-0.1, -0.05) is 13.8 Å². The van der Waals surface area contributed by atoms with Crippen molar-refractivity contribution in [3.05, 3.63) is 23.4 Å². The van der Waals surface area contributed by atoms with Gasteiger partial charge in [0.15, 0.2) is 0 Å². The van der Waals surface area contributed by atoms with Gasteiger partial charge in [0.2, 0.25) is 5.91 Å². The summed E-state index contributed by atoms with van der Waals surface area (Å²) in [6.07, 6.45) is 1.52. The van der Waals surface area contributed by atoms with Crippen LogP contribution in [0.3, 0.4) is 0 Å².